The van der Waals surface area contributed by atoms with Crippen LogP contribution in [0.3, 0.4) is 0 Å². The molecule has 2 aliphatic carbocycles. The largest absolute Gasteiger partial charge is 0.466 e. The van der Waals surface area contributed by atoms with E-state index in [-0.39, 0.29) is 23.7 Å². The van der Waals surface area contributed by atoms with E-state index in [0.29, 0.717) is 19.4 Å². The molecule has 0 aromatic carbocycles. The Labute approximate surface area is 82.9 Å². The van der Waals surface area contributed by atoms with Gasteiger partial charge < -0.3 is 14.9 Å². The minimum atomic E-state index is -0.657. The standard InChI is InChI=1S/C10H16O4/c1-2-14-10(13)9-5-3-7(11)8(12)4-6(5)9/h5-9,11-12H,2-4H2,1H3/t5-,6-,7-,8+,9?/m0/s1. The quantitative estimate of drug-likeness (QED) is 0.612. The van der Waals surface area contributed by atoms with E-state index in [4.69, 9.17) is 4.74 Å². The van der Waals surface area contributed by atoms with Gasteiger partial charge in [-0.1, -0.05) is 0 Å². The Morgan fingerprint density at radius 1 is 1.29 bits per heavy atom. The van der Waals surface area contributed by atoms with Crippen molar-refractivity contribution in [3.63, 3.8) is 0 Å². The lowest BCUT2D eigenvalue weighted by Crippen LogP contribution is -2.30. The minimum Gasteiger partial charge on any atom is -0.466 e. The first-order valence-electron chi connectivity index (χ1n) is 5.18. The van der Waals surface area contributed by atoms with E-state index in [1.54, 1.807) is 6.92 Å². The molecule has 2 N–H and O–H groups in total. The molecule has 4 heteroatoms. The number of carbonyl (C=O) groups is 1. The number of hydrogen-bond acceptors (Lipinski definition) is 4. The van der Waals surface area contributed by atoms with Crippen LogP contribution in [0.2, 0.25) is 0 Å². The molecule has 4 nitrogen and oxygen atoms in total. The fraction of sp³-hybridized carbons (Fsp3) is 0.900. The first-order chi connectivity index (χ1) is 6.65. The van der Waals surface area contributed by atoms with E-state index in [1.165, 1.54) is 0 Å². The van der Waals surface area contributed by atoms with Gasteiger partial charge in [0.05, 0.1) is 24.7 Å². The second-order valence-electron chi connectivity index (χ2n) is 4.21. The van der Waals surface area contributed by atoms with Crippen molar-refractivity contribution in [2.24, 2.45) is 17.8 Å². The van der Waals surface area contributed by atoms with Crippen LogP contribution in [-0.2, 0) is 9.53 Å². The van der Waals surface area contributed by atoms with Crippen molar-refractivity contribution in [2.45, 2.75) is 32.0 Å². The van der Waals surface area contributed by atoms with Gasteiger partial charge in [0.1, 0.15) is 0 Å². The molecule has 0 amide bonds. The minimum absolute atomic E-state index is 0.0678. The van der Waals surface area contributed by atoms with Crippen molar-refractivity contribution in [1.29, 1.82) is 0 Å². The zero-order valence-electron chi connectivity index (χ0n) is 8.22. The Bertz CT molecular complexity index is 224. The molecule has 0 saturated heterocycles. The van der Waals surface area contributed by atoms with Gasteiger partial charge in [0, 0.05) is 0 Å². The summed E-state index contributed by atoms with van der Waals surface area (Å²) in [6, 6.07) is 0. The molecule has 0 aliphatic heterocycles. The average molecular weight is 200 g/mol. The van der Waals surface area contributed by atoms with Crippen LogP contribution in [0.15, 0.2) is 0 Å². The number of hydrogen-bond donors (Lipinski definition) is 2. The van der Waals surface area contributed by atoms with Gasteiger partial charge in [0.15, 0.2) is 0 Å². The number of ether oxygens (including phenoxy) is 1. The molecule has 0 heterocycles. The molecule has 2 saturated carbocycles. The highest BCUT2D eigenvalue weighted by molar-refractivity contribution is 5.76. The summed E-state index contributed by atoms with van der Waals surface area (Å²) in [5.41, 5.74) is 0. The van der Waals surface area contributed by atoms with E-state index in [2.05, 4.69) is 0 Å². The maximum absolute atomic E-state index is 11.4. The van der Waals surface area contributed by atoms with Gasteiger partial charge in [-0.05, 0) is 31.6 Å². The van der Waals surface area contributed by atoms with Gasteiger partial charge in [-0.2, -0.15) is 0 Å². The first kappa shape index (κ1) is 9.93. The van der Waals surface area contributed by atoms with Crippen molar-refractivity contribution in [2.75, 3.05) is 6.61 Å². The topological polar surface area (TPSA) is 66.8 Å². The van der Waals surface area contributed by atoms with Gasteiger partial charge in [0.25, 0.3) is 0 Å². The zero-order chi connectivity index (χ0) is 10.3. The van der Waals surface area contributed by atoms with Gasteiger partial charge in [-0.3, -0.25) is 4.79 Å². The van der Waals surface area contributed by atoms with Crippen LogP contribution >= 0.6 is 0 Å². The van der Waals surface area contributed by atoms with Crippen LogP contribution in [-0.4, -0.2) is 35.0 Å². The number of aliphatic hydroxyl groups is 2. The maximum atomic E-state index is 11.4. The van der Waals surface area contributed by atoms with Crippen molar-refractivity contribution in [1.82, 2.24) is 0 Å². The van der Waals surface area contributed by atoms with Crippen LogP contribution in [0.5, 0.6) is 0 Å². The fourth-order valence-corrected chi connectivity index (χ4v) is 2.55. The van der Waals surface area contributed by atoms with Gasteiger partial charge in [-0.15, -0.1) is 0 Å². The average Bonchev–Trinajstić information content (AvgIpc) is 2.79. The molecule has 5 atom stereocenters. The zero-order valence-corrected chi connectivity index (χ0v) is 8.22. The Hall–Kier alpha value is -0.610. The summed E-state index contributed by atoms with van der Waals surface area (Å²) in [5, 5.41) is 18.8. The Kier molecular flexibility index (Phi) is 2.49. The molecular weight excluding hydrogens is 184 g/mol. The lowest BCUT2D eigenvalue weighted by atomic mass is 9.95. The van der Waals surface area contributed by atoms with Crippen molar-refractivity contribution in [3.8, 4) is 0 Å². The van der Waals surface area contributed by atoms with E-state index in [0.717, 1.165) is 0 Å². The van der Waals surface area contributed by atoms with Gasteiger partial charge >= 0.3 is 5.97 Å². The molecule has 14 heavy (non-hydrogen) atoms. The van der Waals surface area contributed by atoms with Gasteiger partial charge in [-0.25, -0.2) is 0 Å². The highest BCUT2D eigenvalue weighted by Gasteiger charge is 2.59. The third kappa shape index (κ3) is 1.53. The van der Waals surface area contributed by atoms with Crippen LogP contribution < -0.4 is 0 Å². The summed E-state index contributed by atoms with van der Waals surface area (Å²) in [6.07, 6.45) is -0.240. The van der Waals surface area contributed by atoms with Crippen LogP contribution in [0.4, 0.5) is 0 Å². The van der Waals surface area contributed by atoms with Crippen LogP contribution in [0.25, 0.3) is 0 Å². The summed E-state index contributed by atoms with van der Waals surface area (Å²) >= 11 is 0. The molecule has 0 aromatic rings. The molecule has 0 bridgehead atoms. The van der Waals surface area contributed by atoms with Crippen LogP contribution in [0, 0.1) is 17.8 Å². The first-order valence-corrected chi connectivity index (χ1v) is 5.18. The Morgan fingerprint density at radius 3 is 2.21 bits per heavy atom. The third-order valence-corrected chi connectivity index (χ3v) is 3.36. The monoisotopic (exact) mass is 200 g/mol. The highest BCUT2D eigenvalue weighted by atomic mass is 16.5. The molecule has 1 unspecified atom stereocenters. The van der Waals surface area contributed by atoms with Crippen molar-refractivity contribution < 1.29 is 19.7 Å². The fourth-order valence-electron chi connectivity index (χ4n) is 2.55. The SMILES string of the molecule is CCOC(=O)C1[C@H]2C[C@@H](O)[C@@H](O)C[C@H]12. The molecule has 2 rings (SSSR count). The molecular formula is C10H16O4. The van der Waals surface area contributed by atoms with Crippen molar-refractivity contribution >= 4 is 5.97 Å². The smallest absolute Gasteiger partial charge is 0.309 e. The normalized spacial score (nSPS) is 45.5. The molecule has 2 aliphatic rings. The Balaban J connectivity index is 1.92. The summed E-state index contributed by atoms with van der Waals surface area (Å²) < 4.78 is 4.93. The molecule has 80 valence electrons. The molecule has 0 spiro atoms. The summed E-state index contributed by atoms with van der Waals surface area (Å²) in [4.78, 5) is 11.4. The predicted octanol–water partition coefficient (Wildman–Crippen LogP) is -0.0727. The number of rotatable bonds is 2. The van der Waals surface area contributed by atoms with Gasteiger partial charge in [0.2, 0.25) is 0 Å². The number of esters is 1. The predicted molar refractivity (Wildman–Crippen MR) is 48.4 cm³/mol. The maximum Gasteiger partial charge on any atom is 0.309 e. The van der Waals surface area contributed by atoms with E-state index < -0.39 is 12.2 Å². The van der Waals surface area contributed by atoms with E-state index in [9.17, 15) is 15.0 Å². The summed E-state index contributed by atoms with van der Waals surface area (Å²) in [6.45, 7) is 2.19. The van der Waals surface area contributed by atoms with E-state index >= 15 is 0 Å². The molecule has 0 aromatic heterocycles. The van der Waals surface area contributed by atoms with E-state index in [1.807, 2.05) is 0 Å². The molecule has 0 radical (unpaired) electrons. The van der Waals surface area contributed by atoms with Crippen LogP contribution in [0.1, 0.15) is 19.8 Å². The number of fused-ring (bicyclic) bond motifs is 1. The van der Waals surface area contributed by atoms with Crippen molar-refractivity contribution in [3.05, 3.63) is 0 Å². The third-order valence-electron chi connectivity index (χ3n) is 3.36. The number of aliphatic hydroxyl groups excluding tert-OH is 2. The second kappa shape index (κ2) is 3.51. The lowest BCUT2D eigenvalue weighted by Gasteiger charge is -2.21. The highest BCUT2D eigenvalue weighted by Crippen LogP contribution is 2.55. The summed E-state index contributed by atoms with van der Waals surface area (Å²) in [5.74, 6) is 0.255. The second-order valence-corrected chi connectivity index (χ2v) is 4.21. The Morgan fingerprint density at radius 2 is 1.79 bits per heavy atom. The summed E-state index contributed by atoms with van der Waals surface area (Å²) in [7, 11) is 0. The number of carbonyl (C=O) groups excluding carboxylic acids is 1. The lowest BCUT2D eigenvalue weighted by molar-refractivity contribution is -0.145. The molecule has 2 fully saturated rings.